The number of carbonyl (C=O) groups is 3. The molecule has 1 rings (SSSR count). The molecule has 0 spiro atoms. The van der Waals surface area contributed by atoms with E-state index in [1.165, 1.54) is 28.6 Å². The first kappa shape index (κ1) is 16.6. The Bertz CT molecular complexity index is 391. The fourth-order valence-electron chi connectivity index (χ4n) is 1.92. The lowest BCUT2D eigenvalue weighted by Crippen LogP contribution is -2.51. The molecule has 2 unspecified atom stereocenters. The minimum atomic E-state index is -1.01. The number of carboxylic acid groups (broad SMARTS) is 1. The molecule has 0 saturated carbocycles. The van der Waals surface area contributed by atoms with Gasteiger partial charge in [0.2, 0.25) is 5.91 Å². The summed E-state index contributed by atoms with van der Waals surface area (Å²) in [6, 6.07) is -1.26. The SMILES string of the molecule is CCCNC(=O)CN(C)C(=O)N1C(C)SCC1C(=O)O. The lowest BCUT2D eigenvalue weighted by atomic mass is 10.3. The second-order valence-electron chi connectivity index (χ2n) is 4.68. The molecule has 3 amide bonds. The van der Waals surface area contributed by atoms with Gasteiger partial charge in [0.1, 0.15) is 12.6 Å². The summed E-state index contributed by atoms with van der Waals surface area (Å²) >= 11 is 1.42. The van der Waals surface area contributed by atoms with Gasteiger partial charge in [0.05, 0.1) is 5.37 Å². The number of urea groups is 1. The highest BCUT2D eigenvalue weighted by Crippen LogP contribution is 2.29. The first-order valence-electron chi connectivity index (χ1n) is 6.53. The van der Waals surface area contributed by atoms with E-state index in [1.54, 1.807) is 6.92 Å². The molecule has 1 fully saturated rings. The number of aliphatic carboxylic acids is 1. The molecule has 7 nitrogen and oxygen atoms in total. The molecule has 0 aromatic heterocycles. The summed E-state index contributed by atoms with van der Waals surface area (Å²) in [5.74, 6) is -0.883. The van der Waals surface area contributed by atoms with E-state index in [2.05, 4.69) is 5.32 Å². The van der Waals surface area contributed by atoms with Crippen molar-refractivity contribution in [2.24, 2.45) is 0 Å². The fourth-order valence-corrected chi connectivity index (χ4v) is 3.09. The quantitative estimate of drug-likeness (QED) is 0.768. The van der Waals surface area contributed by atoms with Gasteiger partial charge in [-0.3, -0.25) is 9.69 Å². The van der Waals surface area contributed by atoms with Gasteiger partial charge in [-0.05, 0) is 13.3 Å². The van der Waals surface area contributed by atoms with Crippen LogP contribution in [0.5, 0.6) is 0 Å². The summed E-state index contributed by atoms with van der Waals surface area (Å²) in [6.07, 6.45) is 0.824. The summed E-state index contributed by atoms with van der Waals surface area (Å²) in [5, 5.41) is 11.6. The van der Waals surface area contributed by atoms with Gasteiger partial charge >= 0.3 is 12.0 Å². The van der Waals surface area contributed by atoms with Crippen molar-refractivity contribution in [2.75, 3.05) is 25.9 Å². The van der Waals surface area contributed by atoms with Crippen LogP contribution in [-0.2, 0) is 9.59 Å². The Morgan fingerprint density at radius 3 is 2.65 bits per heavy atom. The predicted octanol–water partition coefficient (Wildman–Crippen LogP) is 0.412. The molecule has 114 valence electrons. The second kappa shape index (κ2) is 7.37. The Balaban J connectivity index is 2.63. The molecule has 0 aliphatic carbocycles. The molecule has 0 bridgehead atoms. The van der Waals surface area contributed by atoms with E-state index in [-0.39, 0.29) is 17.8 Å². The number of carboxylic acids is 1. The number of amides is 3. The molecule has 0 aromatic rings. The molecule has 0 radical (unpaired) electrons. The van der Waals surface area contributed by atoms with Gasteiger partial charge in [0, 0.05) is 19.3 Å². The van der Waals surface area contributed by atoms with Crippen LogP contribution in [0.3, 0.4) is 0 Å². The molecule has 2 atom stereocenters. The van der Waals surface area contributed by atoms with Crippen molar-refractivity contribution in [3.63, 3.8) is 0 Å². The lowest BCUT2D eigenvalue weighted by molar-refractivity contribution is -0.141. The Kier molecular flexibility index (Phi) is 6.12. The average Bonchev–Trinajstić information content (AvgIpc) is 2.77. The van der Waals surface area contributed by atoms with Crippen molar-refractivity contribution in [2.45, 2.75) is 31.7 Å². The van der Waals surface area contributed by atoms with Crippen LogP contribution in [0.2, 0.25) is 0 Å². The summed E-state index contributed by atoms with van der Waals surface area (Å²) in [6.45, 7) is 4.22. The molecule has 1 heterocycles. The molecule has 1 saturated heterocycles. The zero-order valence-electron chi connectivity index (χ0n) is 12.0. The molecule has 1 aliphatic rings. The van der Waals surface area contributed by atoms with Crippen LogP contribution in [0.25, 0.3) is 0 Å². The molecular weight excluding hydrogens is 282 g/mol. The Morgan fingerprint density at radius 1 is 1.45 bits per heavy atom. The predicted molar refractivity (Wildman–Crippen MR) is 76.5 cm³/mol. The van der Waals surface area contributed by atoms with Crippen LogP contribution >= 0.6 is 11.8 Å². The summed E-state index contributed by atoms with van der Waals surface area (Å²) in [4.78, 5) is 37.6. The number of rotatable bonds is 5. The largest absolute Gasteiger partial charge is 0.480 e. The normalized spacial score (nSPS) is 21.6. The smallest absolute Gasteiger partial charge is 0.327 e. The van der Waals surface area contributed by atoms with Gasteiger partial charge in [0.15, 0.2) is 0 Å². The average molecular weight is 303 g/mol. The summed E-state index contributed by atoms with van der Waals surface area (Å²) < 4.78 is 0. The topological polar surface area (TPSA) is 90.0 Å². The summed E-state index contributed by atoms with van der Waals surface area (Å²) in [7, 11) is 1.50. The van der Waals surface area contributed by atoms with Crippen molar-refractivity contribution in [3.05, 3.63) is 0 Å². The number of hydrogen-bond acceptors (Lipinski definition) is 4. The molecule has 0 aromatic carbocycles. The third kappa shape index (κ3) is 4.03. The van der Waals surface area contributed by atoms with Crippen molar-refractivity contribution in [3.8, 4) is 0 Å². The number of nitrogens with one attached hydrogen (secondary N) is 1. The Labute approximate surface area is 122 Å². The number of nitrogens with zero attached hydrogens (tertiary/aromatic N) is 2. The lowest BCUT2D eigenvalue weighted by Gasteiger charge is -2.29. The van der Waals surface area contributed by atoms with Crippen LogP contribution in [0.4, 0.5) is 4.79 Å². The van der Waals surface area contributed by atoms with Gasteiger partial charge in [-0.15, -0.1) is 11.8 Å². The van der Waals surface area contributed by atoms with Crippen LogP contribution in [-0.4, -0.2) is 70.1 Å². The number of carbonyl (C=O) groups excluding carboxylic acids is 2. The monoisotopic (exact) mass is 303 g/mol. The first-order valence-corrected chi connectivity index (χ1v) is 7.57. The maximum Gasteiger partial charge on any atom is 0.327 e. The van der Waals surface area contributed by atoms with Crippen LogP contribution in [0.15, 0.2) is 0 Å². The number of likely N-dealkylation sites (N-methyl/N-ethyl adjacent to an activating group) is 1. The third-order valence-electron chi connectivity index (χ3n) is 3.01. The van der Waals surface area contributed by atoms with E-state index in [0.717, 1.165) is 6.42 Å². The van der Waals surface area contributed by atoms with Crippen molar-refractivity contribution < 1.29 is 19.5 Å². The van der Waals surface area contributed by atoms with E-state index in [4.69, 9.17) is 5.11 Å². The van der Waals surface area contributed by atoms with E-state index in [0.29, 0.717) is 12.3 Å². The highest BCUT2D eigenvalue weighted by Gasteiger charge is 2.40. The van der Waals surface area contributed by atoms with E-state index >= 15 is 0 Å². The summed E-state index contributed by atoms with van der Waals surface area (Å²) in [5.41, 5.74) is 0. The number of thioether (sulfide) groups is 1. The van der Waals surface area contributed by atoms with E-state index in [1.807, 2.05) is 6.92 Å². The van der Waals surface area contributed by atoms with E-state index < -0.39 is 18.0 Å². The Morgan fingerprint density at radius 2 is 2.10 bits per heavy atom. The van der Waals surface area contributed by atoms with Crippen molar-refractivity contribution in [1.82, 2.24) is 15.1 Å². The molecular formula is C12H21N3O4S. The molecule has 8 heteroatoms. The van der Waals surface area contributed by atoms with Crippen molar-refractivity contribution in [1.29, 1.82) is 0 Å². The zero-order valence-corrected chi connectivity index (χ0v) is 12.8. The molecule has 2 N–H and O–H groups in total. The van der Waals surface area contributed by atoms with Gasteiger partial charge < -0.3 is 15.3 Å². The zero-order chi connectivity index (χ0) is 15.3. The minimum absolute atomic E-state index is 0.0704. The van der Waals surface area contributed by atoms with Crippen LogP contribution in [0.1, 0.15) is 20.3 Å². The highest BCUT2D eigenvalue weighted by atomic mass is 32.2. The van der Waals surface area contributed by atoms with Crippen molar-refractivity contribution >= 4 is 29.7 Å². The fraction of sp³-hybridized carbons (Fsp3) is 0.750. The highest BCUT2D eigenvalue weighted by molar-refractivity contribution is 8.00. The van der Waals surface area contributed by atoms with Gasteiger partial charge in [-0.1, -0.05) is 6.92 Å². The van der Waals surface area contributed by atoms with E-state index in [9.17, 15) is 14.4 Å². The Hall–Kier alpha value is -1.44. The maximum absolute atomic E-state index is 12.3. The van der Waals surface area contributed by atoms with Crippen LogP contribution < -0.4 is 5.32 Å². The maximum atomic E-state index is 12.3. The second-order valence-corrected chi connectivity index (χ2v) is 6.03. The van der Waals surface area contributed by atoms with Gasteiger partial charge in [-0.25, -0.2) is 9.59 Å². The van der Waals surface area contributed by atoms with Crippen LogP contribution in [0, 0.1) is 0 Å². The first-order chi connectivity index (χ1) is 9.38. The number of hydrogen-bond donors (Lipinski definition) is 2. The standard InChI is InChI=1S/C12H21N3O4S/c1-4-5-13-10(16)6-14(3)12(19)15-8(2)20-7-9(15)11(17)18/h8-9H,4-7H2,1-3H3,(H,13,16)(H,17,18). The minimum Gasteiger partial charge on any atom is -0.480 e. The molecule has 20 heavy (non-hydrogen) atoms. The molecule has 1 aliphatic heterocycles. The van der Waals surface area contributed by atoms with Gasteiger partial charge in [0.25, 0.3) is 0 Å². The third-order valence-corrected chi connectivity index (χ3v) is 4.23. The van der Waals surface area contributed by atoms with Gasteiger partial charge in [-0.2, -0.15) is 0 Å².